The van der Waals surface area contributed by atoms with Gasteiger partial charge in [0, 0.05) is 7.05 Å². The average molecular weight is 264 g/mol. The maximum absolute atomic E-state index is 11.6. The predicted molar refractivity (Wildman–Crippen MR) is 66.8 cm³/mol. The summed E-state index contributed by atoms with van der Waals surface area (Å²) in [5.41, 5.74) is 7.17. The number of nitrogens with two attached hydrogens (primary N) is 1. The van der Waals surface area contributed by atoms with Crippen molar-refractivity contribution in [2.75, 3.05) is 5.73 Å². The molecular formula is C11H16N6O2. The molecule has 19 heavy (non-hydrogen) atoms. The Balaban J connectivity index is 1.87. The molecule has 2 N–H and O–H groups in total. The molecule has 0 spiro atoms. The summed E-state index contributed by atoms with van der Waals surface area (Å²) in [6.07, 6.45) is 2.23. The number of aryl methyl sites for hydroxylation is 2. The number of carbonyl (C=O) groups is 1. The first kappa shape index (κ1) is 13.1. The van der Waals surface area contributed by atoms with E-state index in [9.17, 15) is 4.79 Å². The van der Waals surface area contributed by atoms with Crippen molar-refractivity contribution in [1.29, 1.82) is 0 Å². The molecule has 0 unspecified atom stereocenters. The molecule has 0 bridgehead atoms. The maximum atomic E-state index is 11.6. The molecule has 0 saturated heterocycles. The SMILES string of the molecule is CCc1cc(COC(=O)Cn2cnc(N)n2)n(C)n1. The number of aromatic nitrogens is 5. The molecule has 8 nitrogen and oxygen atoms in total. The zero-order valence-corrected chi connectivity index (χ0v) is 10.9. The third-order valence-electron chi connectivity index (χ3n) is 2.62. The molecule has 0 radical (unpaired) electrons. The highest BCUT2D eigenvalue weighted by Crippen LogP contribution is 2.05. The molecule has 0 saturated carbocycles. The predicted octanol–water partition coefficient (Wildman–Crippen LogP) is -0.100. The van der Waals surface area contributed by atoms with E-state index in [1.54, 1.807) is 4.68 Å². The summed E-state index contributed by atoms with van der Waals surface area (Å²) in [5, 5.41) is 8.08. The van der Waals surface area contributed by atoms with E-state index in [1.807, 2.05) is 20.0 Å². The topological polar surface area (TPSA) is 101 Å². The van der Waals surface area contributed by atoms with E-state index in [1.165, 1.54) is 11.0 Å². The van der Waals surface area contributed by atoms with Gasteiger partial charge in [-0.05, 0) is 12.5 Å². The Morgan fingerprint density at radius 1 is 1.47 bits per heavy atom. The molecule has 2 aromatic heterocycles. The van der Waals surface area contributed by atoms with Gasteiger partial charge in [0.1, 0.15) is 19.5 Å². The van der Waals surface area contributed by atoms with Crippen molar-refractivity contribution >= 4 is 11.9 Å². The summed E-state index contributed by atoms with van der Waals surface area (Å²) in [5.74, 6) is -0.267. The molecule has 0 fully saturated rings. The second-order valence-electron chi connectivity index (χ2n) is 4.07. The Hall–Kier alpha value is -2.38. The summed E-state index contributed by atoms with van der Waals surface area (Å²) in [4.78, 5) is 15.3. The third-order valence-corrected chi connectivity index (χ3v) is 2.62. The molecule has 0 aliphatic carbocycles. The molecule has 0 aliphatic rings. The van der Waals surface area contributed by atoms with Crippen molar-refractivity contribution in [3.05, 3.63) is 23.8 Å². The van der Waals surface area contributed by atoms with E-state index in [0.29, 0.717) is 0 Å². The molecule has 8 heteroatoms. The van der Waals surface area contributed by atoms with Crippen molar-refractivity contribution in [2.24, 2.45) is 7.05 Å². The highest BCUT2D eigenvalue weighted by atomic mass is 16.5. The Bertz CT molecular complexity index is 574. The van der Waals surface area contributed by atoms with Gasteiger partial charge >= 0.3 is 5.97 Å². The summed E-state index contributed by atoms with van der Waals surface area (Å²) in [7, 11) is 1.82. The number of rotatable bonds is 5. The van der Waals surface area contributed by atoms with Gasteiger partial charge in [-0.25, -0.2) is 9.67 Å². The van der Waals surface area contributed by atoms with E-state index >= 15 is 0 Å². The largest absolute Gasteiger partial charge is 0.458 e. The van der Waals surface area contributed by atoms with Crippen molar-refractivity contribution in [2.45, 2.75) is 26.5 Å². The number of nitrogens with zero attached hydrogens (tertiary/aromatic N) is 5. The molecule has 0 atom stereocenters. The van der Waals surface area contributed by atoms with Crippen LogP contribution in [0.2, 0.25) is 0 Å². The average Bonchev–Trinajstić information content (AvgIpc) is 2.93. The number of esters is 1. The fraction of sp³-hybridized carbons (Fsp3) is 0.455. The lowest BCUT2D eigenvalue weighted by Gasteiger charge is -2.04. The molecule has 102 valence electrons. The monoisotopic (exact) mass is 264 g/mol. The fourth-order valence-electron chi connectivity index (χ4n) is 1.60. The zero-order chi connectivity index (χ0) is 13.8. The quantitative estimate of drug-likeness (QED) is 0.757. The fourth-order valence-corrected chi connectivity index (χ4v) is 1.60. The van der Waals surface area contributed by atoms with Crippen molar-refractivity contribution in [1.82, 2.24) is 24.5 Å². The van der Waals surface area contributed by atoms with Crippen molar-refractivity contribution < 1.29 is 9.53 Å². The highest BCUT2D eigenvalue weighted by Gasteiger charge is 2.09. The molecule has 2 heterocycles. The van der Waals surface area contributed by atoms with E-state index in [4.69, 9.17) is 10.5 Å². The van der Waals surface area contributed by atoms with E-state index in [0.717, 1.165) is 17.8 Å². The van der Waals surface area contributed by atoms with Crippen LogP contribution in [-0.4, -0.2) is 30.5 Å². The first-order chi connectivity index (χ1) is 9.08. The van der Waals surface area contributed by atoms with Crippen LogP contribution in [0.4, 0.5) is 5.95 Å². The van der Waals surface area contributed by atoms with Crippen molar-refractivity contribution in [3.8, 4) is 0 Å². The molecular weight excluding hydrogens is 248 g/mol. The summed E-state index contributed by atoms with van der Waals surface area (Å²) in [6.45, 7) is 2.20. The van der Waals surface area contributed by atoms with Crippen LogP contribution in [-0.2, 0) is 36.2 Å². The van der Waals surface area contributed by atoms with Gasteiger partial charge in [0.05, 0.1) is 11.4 Å². The molecule has 0 aliphatic heterocycles. The smallest absolute Gasteiger partial charge is 0.328 e. The molecule has 0 aromatic carbocycles. The zero-order valence-electron chi connectivity index (χ0n) is 10.9. The number of carbonyl (C=O) groups excluding carboxylic acids is 1. The van der Waals surface area contributed by atoms with E-state index < -0.39 is 5.97 Å². The van der Waals surface area contributed by atoms with Gasteiger partial charge in [0.25, 0.3) is 0 Å². The van der Waals surface area contributed by atoms with E-state index in [2.05, 4.69) is 15.2 Å². The lowest BCUT2D eigenvalue weighted by molar-refractivity contribution is -0.146. The summed E-state index contributed by atoms with van der Waals surface area (Å²) >= 11 is 0. The Morgan fingerprint density at radius 2 is 2.26 bits per heavy atom. The van der Waals surface area contributed by atoms with Gasteiger partial charge in [-0.15, -0.1) is 5.10 Å². The van der Waals surface area contributed by atoms with Gasteiger partial charge in [0.15, 0.2) is 0 Å². The first-order valence-electron chi connectivity index (χ1n) is 5.90. The molecule has 0 amide bonds. The number of anilines is 1. The minimum absolute atomic E-state index is 0.0112. The summed E-state index contributed by atoms with van der Waals surface area (Å²) < 4.78 is 8.19. The van der Waals surface area contributed by atoms with E-state index in [-0.39, 0.29) is 19.1 Å². The summed E-state index contributed by atoms with van der Waals surface area (Å²) in [6, 6.07) is 1.92. The van der Waals surface area contributed by atoms with Gasteiger partial charge in [-0.2, -0.15) is 5.10 Å². The number of nitrogen functional groups attached to an aromatic ring is 1. The van der Waals surface area contributed by atoms with Gasteiger partial charge in [0.2, 0.25) is 5.95 Å². The van der Waals surface area contributed by atoms with Crippen LogP contribution in [0, 0.1) is 0 Å². The van der Waals surface area contributed by atoms with Gasteiger partial charge in [-0.3, -0.25) is 9.48 Å². The van der Waals surface area contributed by atoms with Gasteiger partial charge < -0.3 is 10.5 Å². The first-order valence-corrected chi connectivity index (χ1v) is 5.90. The second kappa shape index (κ2) is 5.51. The Kier molecular flexibility index (Phi) is 3.79. The van der Waals surface area contributed by atoms with Crippen molar-refractivity contribution in [3.63, 3.8) is 0 Å². The minimum atomic E-state index is -0.399. The van der Waals surface area contributed by atoms with Crippen LogP contribution < -0.4 is 5.73 Å². The maximum Gasteiger partial charge on any atom is 0.328 e. The standard InChI is InChI=1S/C11H16N6O2/c1-3-8-4-9(16(2)14-8)6-19-10(18)5-17-7-13-11(12)15-17/h4,7H,3,5-6H2,1-2H3,(H2,12,15). The van der Waals surface area contributed by atoms with Gasteiger partial charge in [-0.1, -0.05) is 6.92 Å². The third kappa shape index (κ3) is 3.30. The number of ether oxygens (including phenoxy) is 1. The Morgan fingerprint density at radius 3 is 2.84 bits per heavy atom. The van der Waals surface area contributed by atoms with Crippen LogP contribution >= 0.6 is 0 Å². The molecule has 2 aromatic rings. The minimum Gasteiger partial charge on any atom is -0.458 e. The lowest BCUT2D eigenvalue weighted by atomic mass is 10.3. The Labute approximate surface area is 110 Å². The second-order valence-corrected chi connectivity index (χ2v) is 4.07. The molecule has 2 rings (SSSR count). The normalized spacial score (nSPS) is 10.6. The van der Waals surface area contributed by atoms with Crippen LogP contribution in [0.5, 0.6) is 0 Å². The van der Waals surface area contributed by atoms with Crippen LogP contribution in [0.15, 0.2) is 12.4 Å². The number of hydrogen-bond acceptors (Lipinski definition) is 6. The van der Waals surface area contributed by atoms with Crippen LogP contribution in [0.25, 0.3) is 0 Å². The lowest BCUT2D eigenvalue weighted by Crippen LogP contribution is -2.15. The van der Waals surface area contributed by atoms with Crippen LogP contribution in [0.1, 0.15) is 18.3 Å². The highest BCUT2D eigenvalue weighted by molar-refractivity contribution is 5.69. The number of hydrogen-bond donors (Lipinski definition) is 1. The van der Waals surface area contributed by atoms with Crippen LogP contribution in [0.3, 0.4) is 0 Å².